The highest BCUT2D eigenvalue weighted by Gasteiger charge is 2.18. The van der Waals surface area contributed by atoms with E-state index in [0.29, 0.717) is 28.1 Å². The third kappa shape index (κ3) is 5.93. The predicted octanol–water partition coefficient (Wildman–Crippen LogP) is 5.06. The second-order valence-electron chi connectivity index (χ2n) is 8.16. The van der Waals surface area contributed by atoms with Crippen molar-refractivity contribution in [3.8, 4) is 11.1 Å². The number of amides is 2. The molecule has 4 rings (SSSR count). The molecule has 188 valence electrons. The van der Waals surface area contributed by atoms with Crippen LogP contribution in [0.1, 0.15) is 5.56 Å². The second kappa shape index (κ2) is 10.5. The number of nitrogens with zero attached hydrogens (tertiary/aromatic N) is 1. The van der Waals surface area contributed by atoms with Crippen LogP contribution in [0.25, 0.3) is 11.1 Å². The average Bonchev–Trinajstić information content (AvgIpc) is 2.88. The summed E-state index contributed by atoms with van der Waals surface area (Å²) in [5.41, 5.74) is 10.6. The summed E-state index contributed by atoms with van der Waals surface area (Å²) in [5, 5.41) is 11.7. The normalized spacial score (nSPS) is 11.0. The van der Waals surface area contributed by atoms with Crippen LogP contribution in [0.2, 0.25) is 0 Å². The van der Waals surface area contributed by atoms with Gasteiger partial charge in [-0.1, -0.05) is 54.6 Å². The lowest BCUT2D eigenvalue weighted by molar-refractivity contribution is 0.252. The standard InChI is InChI=1S/C27H24FN5O3S/c1-37(35,36)25-13-6-5-12-22(25)18-14-15-24(23(28)17-18)31-27(34)32-33(20-9-3-2-4-10-20)21-11-7-8-19(16-21)26(29)30/h2-17H,1H3,(H3,29,30)(H2,31,32,34). The van der Waals surface area contributed by atoms with Gasteiger partial charge in [0.05, 0.1) is 22.0 Å². The van der Waals surface area contributed by atoms with Crippen molar-refractivity contribution >= 4 is 38.8 Å². The van der Waals surface area contributed by atoms with E-state index in [1.54, 1.807) is 66.7 Å². The monoisotopic (exact) mass is 517 g/mol. The van der Waals surface area contributed by atoms with E-state index in [1.807, 2.05) is 6.07 Å². The van der Waals surface area contributed by atoms with Crippen molar-refractivity contribution < 1.29 is 17.6 Å². The van der Waals surface area contributed by atoms with Crippen LogP contribution >= 0.6 is 0 Å². The van der Waals surface area contributed by atoms with Crippen LogP contribution in [-0.2, 0) is 9.84 Å². The molecule has 5 N–H and O–H groups in total. The number of urea groups is 1. The quantitative estimate of drug-likeness (QED) is 0.155. The van der Waals surface area contributed by atoms with Crippen LogP contribution in [0, 0.1) is 11.2 Å². The predicted molar refractivity (Wildman–Crippen MR) is 143 cm³/mol. The number of carbonyl (C=O) groups is 1. The van der Waals surface area contributed by atoms with Crippen molar-refractivity contribution in [3.63, 3.8) is 0 Å². The Morgan fingerprint density at radius 3 is 2.24 bits per heavy atom. The number of nitrogen functional groups attached to an aromatic ring is 1. The zero-order chi connectivity index (χ0) is 26.6. The van der Waals surface area contributed by atoms with E-state index in [9.17, 15) is 13.2 Å². The van der Waals surface area contributed by atoms with Crippen molar-refractivity contribution in [2.45, 2.75) is 4.90 Å². The van der Waals surface area contributed by atoms with Crippen LogP contribution in [0.3, 0.4) is 0 Å². The molecule has 37 heavy (non-hydrogen) atoms. The summed E-state index contributed by atoms with van der Waals surface area (Å²) < 4.78 is 39.3. The fourth-order valence-corrected chi connectivity index (χ4v) is 4.64. The molecule has 0 unspecified atom stereocenters. The summed E-state index contributed by atoms with van der Waals surface area (Å²) in [5.74, 6) is -0.861. The van der Waals surface area contributed by atoms with E-state index in [-0.39, 0.29) is 16.4 Å². The molecular formula is C27H24FN5O3S. The van der Waals surface area contributed by atoms with Gasteiger partial charge in [0.25, 0.3) is 0 Å². The fraction of sp³-hybridized carbons (Fsp3) is 0.0370. The molecule has 0 fully saturated rings. The first-order valence-electron chi connectivity index (χ1n) is 11.1. The first kappa shape index (κ1) is 25.4. The Kier molecular flexibility index (Phi) is 7.21. The summed E-state index contributed by atoms with van der Waals surface area (Å²) in [6.07, 6.45) is 1.09. The maximum Gasteiger partial charge on any atom is 0.338 e. The van der Waals surface area contributed by atoms with E-state index < -0.39 is 21.7 Å². The van der Waals surface area contributed by atoms with Crippen LogP contribution in [0.15, 0.2) is 102 Å². The zero-order valence-electron chi connectivity index (χ0n) is 19.8. The highest BCUT2D eigenvalue weighted by Crippen LogP contribution is 2.30. The number of amidine groups is 1. The molecule has 0 spiro atoms. The SMILES string of the molecule is CS(=O)(=O)c1ccccc1-c1ccc(NC(=O)NN(c2ccccc2)c2cccc(C(=N)N)c2)c(F)c1. The minimum atomic E-state index is -3.53. The van der Waals surface area contributed by atoms with E-state index in [2.05, 4.69) is 10.7 Å². The lowest BCUT2D eigenvalue weighted by atomic mass is 10.1. The Bertz CT molecular complexity index is 1580. The number of anilines is 3. The summed E-state index contributed by atoms with van der Waals surface area (Å²) in [6, 6.07) is 25.4. The number of para-hydroxylation sites is 1. The molecule has 0 aliphatic carbocycles. The van der Waals surface area contributed by atoms with Gasteiger partial charge in [0.15, 0.2) is 9.84 Å². The molecular weight excluding hydrogens is 493 g/mol. The first-order chi connectivity index (χ1) is 17.6. The molecule has 0 aliphatic heterocycles. The molecule has 0 atom stereocenters. The van der Waals surface area contributed by atoms with E-state index in [0.717, 1.165) is 6.26 Å². The largest absolute Gasteiger partial charge is 0.384 e. The lowest BCUT2D eigenvalue weighted by Gasteiger charge is -2.26. The van der Waals surface area contributed by atoms with Crippen molar-refractivity contribution in [1.29, 1.82) is 5.41 Å². The zero-order valence-corrected chi connectivity index (χ0v) is 20.6. The van der Waals surface area contributed by atoms with Gasteiger partial charge in [0.1, 0.15) is 11.7 Å². The maximum absolute atomic E-state index is 15.0. The molecule has 8 nitrogen and oxygen atoms in total. The number of nitrogens with one attached hydrogen (secondary N) is 3. The molecule has 0 bridgehead atoms. The highest BCUT2D eigenvalue weighted by atomic mass is 32.2. The first-order valence-corrected chi connectivity index (χ1v) is 13.0. The molecule has 0 heterocycles. The van der Waals surface area contributed by atoms with Gasteiger partial charge < -0.3 is 11.1 Å². The number of halogens is 1. The molecule has 0 aliphatic rings. The minimum absolute atomic E-state index is 0.0825. The smallest absolute Gasteiger partial charge is 0.338 e. The highest BCUT2D eigenvalue weighted by molar-refractivity contribution is 7.90. The number of benzene rings is 4. The molecule has 4 aromatic rings. The van der Waals surface area contributed by atoms with E-state index >= 15 is 4.39 Å². The Morgan fingerprint density at radius 1 is 0.892 bits per heavy atom. The molecule has 0 radical (unpaired) electrons. The summed E-state index contributed by atoms with van der Waals surface area (Å²) >= 11 is 0. The van der Waals surface area contributed by atoms with E-state index in [4.69, 9.17) is 11.1 Å². The topological polar surface area (TPSA) is 128 Å². The number of nitrogens with two attached hydrogens (primary N) is 1. The van der Waals surface area contributed by atoms with Gasteiger partial charge in [-0.2, -0.15) is 0 Å². The Morgan fingerprint density at radius 2 is 1.57 bits per heavy atom. The summed E-state index contributed by atoms with van der Waals surface area (Å²) in [6.45, 7) is 0. The number of hydrogen-bond donors (Lipinski definition) is 4. The van der Waals surface area contributed by atoms with Crippen molar-refractivity contribution in [2.75, 3.05) is 16.6 Å². The fourth-order valence-electron chi connectivity index (χ4n) is 3.73. The number of rotatable bonds is 7. The van der Waals surface area contributed by atoms with Gasteiger partial charge in [-0.3, -0.25) is 10.4 Å². The maximum atomic E-state index is 15.0. The average molecular weight is 518 g/mol. The number of hydrazine groups is 1. The van der Waals surface area contributed by atoms with Crippen molar-refractivity contribution in [3.05, 3.63) is 108 Å². The lowest BCUT2D eigenvalue weighted by Crippen LogP contribution is -2.41. The summed E-state index contributed by atoms with van der Waals surface area (Å²) in [7, 11) is -3.53. The molecule has 0 aromatic heterocycles. The minimum Gasteiger partial charge on any atom is -0.384 e. The number of carbonyl (C=O) groups excluding carboxylic acids is 1. The van der Waals surface area contributed by atoms with Gasteiger partial charge in [0.2, 0.25) is 0 Å². The van der Waals surface area contributed by atoms with Gasteiger partial charge in [-0.05, 0) is 48.0 Å². The van der Waals surface area contributed by atoms with Crippen LogP contribution in [0.5, 0.6) is 0 Å². The Hall–Kier alpha value is -4.70. The van der Waals surface area contributed by atoms with Gasteiger partial charge in [-0.25, -0.2) is 23.0 Å². The van der Waals surface area contributed by atoms with Crippen molar-refractivity contribution in [2.24, 2.45) is 5.73 Å². The van der Waals surface area contributed by atoms with Gasteiger partial charge in [-0.15, -0.1) is 0 Å². The number of sulfone groups is 1. The van der Waals surface area contributed by atoms with Crippen molar-refractivity contribution in [1.82, 2.24) is 5.43 Å². The molecule has 4 aromatic carbocycles. The van der Waals surface area contributed by atoms with E-state index in [1.165, 1.54) is 29.3 Å². The summed E-state index contributed by atoms with van der Waals surface area (Å²) in [4.78, 5) is 13.0. The Labute approximate surface area is 214 Å². The third-order valence-corrected chi connectivity index (χ3v) is 6.61. The van der Waals surface area contributed by atoms with Crippen LogP contribution < -0.4 is 21.5 Å². The third-order valence-electron chi connectivity index (χ3n) is 5.46. The number of hydrogen-bond acceptors (Lipinski definition) is 5. The Balaban J connectivity index is 1.60. The van der Waals surface area contributed by atoms with Gasteiger partial charge >= 0.3 is 6.03 Å². The second-order valence-corrected chi connectivity index (χ2v) is 10.1. The van der Waals surface area contributed by atoms with Crippen LogP contribution in [-0.4, -0.2) is 26.5 Å². The molecule has 2 amide bonds. The molecule has 0 saturated heterocycles. The van der Waals surface area contributed by atoms with Crippen LogP contribution in [0.4, 0.5) is 26.2 Å². The molecule has 10 heteroatoms. The van der Waals surface area contributed by atoms with Gasteiger partial charge in [0, 0.05) is 17.4 Å². The molecule has 0 saturated carbocycles.